The third-order valence-electron chi connectivity index (χ3n) is 2.07. The first-order valence-electron chi connectivity index (χ1n) is 4.44. The molecule has 0 unspecified atom stereocenters. The van der Waals surface area contributed by atoms with E-state index in [-0.39, 0.29) is 10.1 Å². The molecule has 0 saturated carbocycles. The number of imide groups is 1. The maximum Gasteiger partial charge on any atom is 0.303 e. The van der Waals surface area contributed by atoms with Crippen molar-refractivity contribution in [3.8, 4) is 0 Å². The molecule has 1 aromatic carbocycles. The molecular weight excluding hydrogens is 269 g/mol. The molecule has 0 bridgehead atoms. The third kappa shape index (κ3) is 1.93. The summed E-state index contributed by atoms with van der Waals surface area (Å²) in [6, 6.07) is 4.59. The summed E-state index contributed by atoms with van der Waals surface area (Å²) >= 11 is 0.577. The first-order valence-corrected chi connectivity index (χ1v) is 6.86. The maximum atomic E-state index is 13.4. The Balaban J connectivity index is 2.55. The van der Waals surface area contributed by atoms with Crippen LogP contribution in [0.25, 0.3) is 0 Å². The van der Waals surface area contributed by atoms with Gasteiger partial charge in [-0.25, -0.2) is 12.8 Å². The lowest BCUT2D eigenvalue weighted by molar-refractivity contribution is -0.121. The lowest BCUT2D eigenvalue weighted by atomic mass is 10.4. The lowest BCUT2D eigenvalue weighted by Gasteiger charge is -2.13. The smallest absolute Gasteiger partial charge is 0.272 e. The van der Waals surface area contributed by atoms with Gasteiger partial charge in [0.05, 0.1) is 5.75 Å². The summed E-state index contributed by atoms with van der Waals surface area (Å²) < 4.78 is 37.3. The van der Waals surface area contributed by atoms with E-state index < -0.39 is 31.9 Å². The van der Waals surface area contributed by atoms with Gasteiger partial charge in [-0.1, -0.05) is 23.9 Å². The van der Waals surface area contributed by atoms with Crippen LogP contribution >= 0.6 is 11.8 Å². The van der Waals surface area contributed by atoms with Crippen molar-refractivity contribution >= 4 is 32.9 Å². The fourth-order valence-electron chi connectivity index (χ4n) is 1.33. The summed E-state index contributed by atoms with van der Waals surface area (Å²) in [7, 11) is -4.43. The second kappa shape index (κ2) is 4.11. The van der Waals surface area contributed by atoms with Crippen LogP contribution in [0.1, 0.15) is 0 Å². The Morgan fingerprint density at radius 2 is 1.88 bits per heavy atom. The fourth-order valence-corrected chi connectivity index (χ4v) is 3.75. The standard InChI is InChI=1S/C9H6FNO4S2/c10-6-3-1-2-4-7(6)17(14,15)11-8(12)5-16-9(11)13/h1-4H,5H2. The first-order chi connectivity index (χ1) is 7.94. The van der Waals surface area contributed by atoms with Crippen LogP contribution in [0.4, 0.5) is 9.18 Å². The molecule has 0 aromatic heterocycles. The SMILES string of the molecule is O=C1CSC(=O)N1S(=O)(=O)c1ccccc1F. The van der Waals surface area contributed by atoms with Crippen molar-refractivity contribution in [1.29, 1.82) is 0 Å². The average Bonchev–Trinajstić information content (AvgIpc) is 2.59. The molecule has 0 atom stereocenters. The Kier molecular flexibility index (Phi) is 2.92. The monoisotopic (exact) mass is 275 g/mol. The van der Waals surface area contributed by atoms with Crippen molar-refractivity contribution in [1.82, 2.24) is 4.31 Å². The number of carbonyl (C=O) groups excluding carboxylic acids is 2. The highest BCUT2D eigenvalue weighted by Gasteiger charge is 2.41. The van der Waals surface area contributed by atoms with Crippen LogP contribution in [-0.2, 0) is 14.8 Å². The summed E-state index contributed by atoms with van der Waals surface area (Å²) in [5, 5.41) is -0.904. The molecule has 0 radical (unpaired) electrons. The molecule has 0 spiro atoms. The first kappa shape index (κ1) is 12.1. The molecule has 1 heterocycles. The average molecular weight is 275 g/mol. The number of carbonyl (C=O) groups is 2. The van der Waals surface area contributed by atoms with Gasteiger partial charge in [0.2, 0.25) is 0 Å². The number of sulfonamides is 1. The minimum atomic E-state index is -4.43. The molecular formula is C9H6FNO4S2. The van der Waals surface area contributed by atoms with Crippen molar-refractivity contribution in [3.63, 3.8) is 0 Å². The second-order valence-corrected chi connectivity index (χ2v) is 5.83. The van der Waals surface area contributed by atoms with Crippen LogP contribution in [-0.4, -0.2) is 29.6 Å². The number of thioether (sulfide) groups is 1. The molecule has 1 aromatic rings. The predicted octanol–water partition coefficient (Wildman–Crippen LogP) is 1.21. The Bertz CT molecular complexity index is 583. The molecule has 17 heavy (non-hydrogen) atoms. The molecule has 1 aliphatic rings. The number of amides is 2. The van der Waals surface area contributed by atoms with Crippen LogP contribution in [0.15, 0.2) is 29.2 Å². The normalized spacial score (nSPS) is 16.6. The molecule has 1 aliphatic heterocycles. The molecule has 1 saturated heterocycles. The zero-order chi connectivity index (χ0) is 12.6. The molecule has 2 amide bonds. The van der Waals surface area contributed by atoms with E-state index in [1.807, 2.05) is 0 Å². The quantitative estimate of drug-likeness (QED) is 0.811. The number of nitrogens with zero attached hydrogens (tertiary/aromatic N) is 1. The van der Waals surface area contributed by atoms with Gasteiger partial charge in [-0.15, -0.1) is 0 Å². The highest BCUT2D eigenvalue weighted by Crippen LogP contribution is 2.27. The van der Waals surface area contributed by atoms with E-state index in [0.717, 1.165) is 12.1 Å². The topological polar surface area (TPSA) is 71.5 Å². The predicted molar refractivity (Wildman–Crippen MR) is 58.3 cm³/mol. The van der Waals surface area contributed by atoms with Gasteiger partial charge >= 0.3 is 5.24 Å². The zero-order valence-electron chi connectivity index (χ0n) is 8.29. The van der Waals surface area contributed by atoms with E-state index in [1.165, 1.54) is 12.1 Å². The van der Waals surface area contributed by atoms with E-state index >= 15 is 0 Å². The van der Waals surface area contributed by atoms with Crippen molar-refractivity contribution in [3.05, 3.63) is 30.1 Å². The second-order valence-electron chi connectivity index (χ2n) is 3.15. The molecule has 8 heteroatoms. The summed E-state index contributed by atoms with van der Waals surface area (Å²) in [6.07, 6.45) is 0. The Morgan fingerprint density at radius 1 is 1.24 bits per heavy atom. The van der Waals surface area contributed by atoms with Crippen LogP contribution in [0, 0.1) is 5.82 Å². The minimum absolute atomic E-state index is 0.107. The summed E-state index contributed by atoms with van der Waals surface area (Å²) in [5.41, 5.74) is 0. The number of halogens is 1. The molecule has 2 rings (SSSR count). The van der Waals surface area contributed by atoms with Gasteiger partial charge in [0.25, 0.3) is 15.9 Å². The molecule has 90 valence electrons. The lowest BCUT2D eigenvalue weighted by Crippen LogP contribution is -2.35. The van der Waals surface area contributed by atoms with Crippen LogP contribution in [0.2, 0.25) is 0 Å². The Morgan fingerprint density at radius 3 is 2.41 bits per heavy atom. The van der Waals surface area contributed by atoms with Crippen molar-refractivity contribution in [2.45, 2.75) is 4.90 Å². The van der Waals surface area contributed by atoms with E-state index in [0.29, 0.717) is 11.8 Å². The van der Waals surface area contributed by atoms with E-state index in [4.69, 9.17) is 0 Å². The zero-order valence-corrected chi connectivity index (χ0v) is 9.92. The summed E-state index contributed by atoms with van der Waals surface area (Å²) in [5.74, 6) is -2.10. The van der Waals surface area contributed by atoms with Gasteiger partial charge in [-0.3, -0.25) is 9.59 Å². The van der Waals surface area contributed by atoms with Gasteiger partial charge in [0, 0.05) is 0 Å². The number of hydrogen-bond donors (Lipinski definition) is 0. The van der Waals surface area contributed by atoms with Gasteiger partial charge < -0.3 is 0 Å². The van der Waals surface area contributed by atoms with Crippen molar-refractivity contribution in [2.75, 3.05) is 5.75 Å². The maximum absolute atomic E-state index is 13.4. The Hall–Kier alpha value is -1.41. The van der Waals surface area contributed by atoms with E-state index in [1.54, 1.807) is 0 Å². The highest BCUT2D eigenvalue weighted by molar-refractivity contribution is 8.16. The van der Waals surface area contributed by atoms with Gasteiger partial charge in [-0.2, -0.15) is 4.31 Å². The number of hydrogen-bond acceptors (Lipinski definition) is 5. The van der Waals surface area contributed by atoms with Crippen molar-refractivity contribution < 1.29 is 22.4 Å². The van der Waals surface area contributed by atoms with Gasteiger partial charge in [0.15, 0.2) is 0 Å². The number of benzene rings is 1. The van der Waals surface area contributed by atoms with Crippen molar-refractivity contribution in [2.24, 2.45) is 0 Å². The Labute approximate surface area is 101 Å². The largest absolute Gasteiger partial charge is 0.303 e. The van der Waals surface area contributed by atoms with E-state index in [2.05, 4.69) is 0 Å². The molecule has 0 aliphatic carbocycles. The highest BCUT2D eigenvalue weighted by atomic mass is 32.2. The molecule has 1 fully saturated rings. The minimum Gasteiger partial charge on any atom is -0.272 e. The van der Waals surface area contributed by atoms with E-state index in [9.17, 15) is 22.4 Å². The third-order valence-corrected chi connectivity index (χ3v) is 4.74. The van der Waals surface area contributed by atoms with Crippen LogP contribution in [0.5, 0.6) is 0 Å². The molecule has 5 nitrogen and oxygen atoms in total. The number of rotatable bonds is 2. The van der Waals surface area contributed by atoms with Gasteiger partial charge in [-0.05, 0) is 12.1 Å². The van der Waals surface area contributed by atoms with Gasteiger partial charge in [0.1, 0.15) is 10.7 Å². The summed E-state index contributed by atoms with van der Waals surface area (Å²) in [4.78, 5) is 21.9. The van der Waals surface area contributed by atoms with Crippen LogP contribution < -0.4 is 0 Å². The van der Waals surface area contributed by atoms with Crippen LogP contribution in [0.3, 0.4) is 0 Å². The summed E-state index contributed by atoms with van der Waals surface area (Å²) in [6.45, 7) is 0. The molecule has 0 N–H and O–H groups in total. The fraction of sp³-hybridized carbons (Fsp3) is 0.111.